The van der Waals surface area contributed by atoms with Crippen molar-refractivity contribution in [3.05, 3.63) is 66.2 Å². The third-order valence-corrected chi connectivity index (χ3v) is 2.33. The van der Waals surface area contributed by atoms with E-state index in [0.29, 0.717) is 0 Å². The van der Waals surface area contributed by atoms with Crippen LogP contribution in [0.15, 0.2) is 43.0 Å². The average molecular weight is 192 g/mol. The van der Waals surface area contributed by atoms with Gasteiger partial charge in [-0.25, -0.2) is 0 Å². The second-order valence-electron chi connectivity index (χ2n) is 3.52. The summed E-state index contributed by atoms with van der Waals surface area (Å²) in [6, 6.07) is 18.6. The molecule has 0 nitrogen and oxygen atoms in total. The van der Waals surface area contributed by atoms with Gasteiger partial charge in [0.1, 0.15) is 0 Å². The number of hydrogen-bond acceptors (Lipinski definition) is 0. The highest BCUT2D eigenvalue weighted by Crippen LogP contribution is 2.19. The molecule has 2 rings (SSSR count). The monoisotopic (exact) mass is 192 g/mol. The number of benzene rings is 2. The molecule has 0 amide bonds. The highest BCUT2D eigenvalue weighted by atomic mass is 14.0. The molecule has 0 unspecified atom stereocenters. The van der Waals surface area contributed by atoms with Crippen molar-refractivity contribution >= 4 is 6.08 Å². The smallest absolute Gasteiger partial charge is 0.00928 e. The van der Waals surface area contributed by atoms with Crippen LogP contribution in [-0.4, -0.2) is 0 Å². The first-order valence-corrected chi connectivity index (χ1v) is 4.92. The molecule has 0 spiro atoms. The summed E-state index contributed by atoms with van der Waals surface area (Å²) in [6.45, 7) is 5.78. The van der Waals surface area contributed by atoms with E-state index in [4.69, 9.17) is 0 Å². The Balaban J connectivity index is 2.37. The molecule has 0 aliphatic rings. The summed E-state index contributed by atoms with van der Waals surface area (Å²) in [5, 5.41) is 0. The second-order valence-corrected chi connectivity index (χ2v) is 3.52. The quantitative estimate of drug-likeness (QED) is 0.676. The Bertz CT molecular complexity index is 446. The van der Waals surface area contributed by atoms with Crippen molar-refractivity contribution in [3.63, 3.8) is 0 Å². The van der Waals surface area contributed by atoms with Crippen LogP contribution in [-0.2, 0) is 0 Å². The van der Waals surface area contributed by atoms with Crippen LogP contribution in [0.5, 0.6) is 0 Å². The van der Waals surface area contributed by atoms with Gasteiger partial charge in [0, 0.05) is 0 Å². The van der Waals surface area contributed by atoms with Gasteiger partial charge in [-0.05, 0) is 41.8 Å². The molecule has 0 fully saturated rings. The van der Waals surface area contributed by atoms with Gasteiger partial charge in [-0.15, -0.1) is 0 Å². The van der Waals surface area contributed by atoms with Crippen molar-refractivity contribution in [2.45, 2.75) is 6.92 Å². The van der Waals surface area contributed by atoms with E-state index in [1.54, 1.807) is 0 Å². The van der Waals surface area contributed by atoms with Gasteiger partial charge in [0.2, 0.25) is 0 Å². The van der Waals surface area contributed by atoms with Gasteiger partial charge in [0.05, 0.1) is 0 Å². The standard InChI is InChI=1S/C15H12/c1-3-13-6-10-15(11-7-13)14-8-4-12(2)5-9-14/h3-8,10H,1H2,2H3. The Morgan fingerprint density at radius 1 is 1.00 bits per heavy atom. The summed E-state index contributed by atoms with van der Waals surface area (Å²) >= 11 is 0. The van der Waals surface area contributed by atoms with E-state index in [1.165, 1.54) is 5.56 Å². The minimum Gasteiger partial charge on any atom is -0.0985 e. The Hall–Kier alpha value is -1.82. The molecule has 0 saturated carbocycles. The minimum atomic E-state index is 1.07. The van der Waals surface area contributed by atoms with Crippen molar-refractivity contribution in [2.75, 3.05) is 0 Å². The van der Waals surface area contributed by atoms with Crippen LogP contribution in [0.1, 0.15) is 11.1 Å². The largest absolute Gasteiger partial charge is 0.0985 e. The van der Waals surface area contributed by atoms with Gasteiger partial charge < -0.3 is 0 Å². The van der Waals surface area contributed by atoms with Crippen LogP contribution in [0.25, 0.3) is 17.2 Å². The van der Waals surface area contributed by atoms with Crippen LogP contribution >= 0.6 is 0 Å². The fourth-order valence-corrected chi connectivity index (χ4v) is 1.40. The van der Waals surface area contributed by atoms with Crippen molar-refractivity contribution in [1.82, 2.24) is 0 Å². The Labute approximate surface area is 90.9 Å². The van der Waals surface area contributed by atoms with Gasteiger partial charge in [-0.3, -0.25) is 0 Å². The molecule has 0 bridgehead atoms. The van der Waals surface area contributed by atoms with Gasteiger partial charge in [0.15, 0.2) is 0 Å². The molecule has 2 aromatic rings. The lowest BCUT2D eigenvalue weighted by atomic mass is 10.0. The molecule has 0 N–H and O–H groups in total. The first kappa shape index (κ1) is 9.72. The van der Waals surface area contributed by atoms with E-state index in [2.05, 4.69) is 37.8 Å². The van der Waals surface area contributed by atoms with Gasteiger partial charge in [-0.1, -0.05) is 48.6 Å². The molecule has 0 heterocycles. The molecular weight excluding hydrogens is 180 g/mol. The molecule has 15 heavy (non-hydrogen) atoms. The third kappa shape index (κ3) is 2.16. The molecule has 72 valence electrons. The summed E-state index contributed by atoms with van der Waals surface area (Å²) in [4.78, 5) is 0. The number of hydrogen-bond donors (Lipinski definition) is 0. The van der Waals surface area contributed by atoms with E-state index >= 15 is 0 Å². The maximum absolute atomic E-state index is 3.72. The Morgan fingerprint density at radius 3 is 2.13 bits per heavy atom. The Kier molecular flexibility index (Phi) is 2.68. The van der Waals surface area contributed by atoms with Crippen LogP contribution in [0.3, 0.4) is 0 Å². The molecule has 0 atom stereocenters. The lowest BCUT2D eigenvalue weighted by Crippen LogP contribution is -1.80. The highest BCUT2D eigenvalue weighted by molar-refractivity contribution is 5.64. The number of aryl methyl sites for hydroxylation is 1. The molecule has 0 aliphatic carbocycles. The lowest BCUT2D eigenvalue weighted by molar-refractivity contribution is 1.46. The number of rotatable bonds is 2. The molecule has 2 radical (unpaired) electrons. The lowest BCUT2D eigenvalue weighted by Gasteiger charge is -2.01. The molecule has 2 aromatic carbocycles. The summed E-state index contributed by atoms with van der Waals surface area (Å²) in [6.07, 6.45) is 1.82. The van der Waals surface area contributed by atoms with Crippen LogP contribution < -0.4 is 0 Å². The van der Waals surface area contributed by atoms with E-state index < -0.39 is 0 Å². The fraction of sp³-hybridized carbons (Fsp3) is 0.0667. The van der Waals surface area contributed by atoms with Crippen molar-refractivity contribution in [3.8, 4) is 11.1 Å². The van der Waals surface area contributed by atoms with Gasteiger partial charge in [-0.2, -0.15) is 0 Å². The highest BCUT2D eigenvalue weighted by Gasteiger charge is 1.97. The normalized spacial score (nSPS) is 9.93. The van der Waals surface area contributed by atoms with E-state index in [-0.39, 0.29) is 0 Å². The van der Waals surface area contributed by atoms with Crippen LogP contribution in [0, 0.1) is 19.1 Å². The second kappa shape index (κ2) is 4.14. The third-order valence-electron chi connectivity index (χ3n) is 2.33. The zero-order valence-electron chi connectivity index (χ0n) is 8.75. The SMILES string of the molecule is C=Cc1c[c]c(-c2[c]cc(C)cc2)cc1. The van der Waals surface area contributed by atoms with Crippen molar-refractivity contribution < 1.29 is 0 Å². The molecule has 0 aliphatic heterocycles. The summed E-state index contributed by atoms with van der Waals surface area (Å²) in [5.74, 6) is 0. The first-order chi connectivity index (χ1) is 7.29. The van der Waals surface area contributed by atoms with Crippen LogP contribution in [0.2, 0.25) is 0 Å². The van der Waals surface area contributed by atoms with E-state index in [1.807, 2.05) is 30.3 Å². The minimum absolute atomic E-state index is 1.07. The first-order valence-electron chi connectivity index (χ1n) is 4.92. The predicted molar refractivity (Wildman–Crippen MR) is 64.4 cm³/mol. The predicted octanol–water partition coefficient (Wildman–Crippen LogP) is 3.91. The molecule has 0 saturated heterocycles. The molecule has 0 heteroatoms. The fourth-order valence-electron chi connectivity index (χ4n) is 1.40. The van der Waals surface area contributed by atoms with Crippen LogP contribution in [0.4, 0.5) is 0 Å². The molecule has 0 aromatic heterocycles. The summed E-state index contributed by atoms with van der Waals surface area (Å²) in [5.41, 5.74) is 4.46. The average Bonchev–Trinajstić information content (AvgIpc) is 2.30. The zero-order valence-corrected chi connectivity index (χ0v) is 8.75. The topological polar surface area (TPSA) is 0 Å². The summed E-state index contributed by atoms with van der Waals surface area (Å²) < 4.78 is 0. The maximum Gasteiger partial charge on any atom is -0.00928 e. The van der Waals surface area contributed by atoms with Gasteiger partial charge in [0.25, 0.3) is 0 Å². The maximum atomic E-state index is 3.72. The molecular formula is C15H12. The summed E-state index contributed by atoms with van der Waals surface area (Å²) in [7, 11) is 0. The Morgan fingerprint density at radius 2 is 1.67 bits per heavy atom. The van der Waals surface area contributed by atoms with E-state index in [0.717, 1.165) is 16.7 Å². The van der Waals surface area contributed by atoms with E-state index in [9.17, 15) is 0 Å². The van der Waals surface area contributed by atoms with Crippen molar-refractivity contribution in [1.29, 1.82) is 0 Å². The van der Waals surface area contributed by atoms with Crippen molar-refractivity contribution in [2.24, 2.45) is 0 Å². The zero-order chi connectivity index (χ0) is 10.7. The van der Waals surface area contributed by atoms with Gasteiger partial charge >= 0.3 is 0 Å².